The van der Waals surface area contributed by atoms with Crippen LogP contribution in [0.4, 0.5) is 5.82 Å². The summed E-state index contributed by atoms with van der Waals surface area (Å²) in [5, 5.41) is 4.50. The van der Waals surface area contributed by atoms with E-state index in [0.717, 1.165) is 34.5 Å². The Balaban J connectivity index is 1.18. The predicted molar refractivity (Wildman–Crippen MR) is 123 cm³/mol. The maximum Gasteiger partial charge on any atom is 0.146 e. The number of hydrogen-bond acceptors (Lipinski definition) is 4. The number of hydrogen-bond donors (Lipinski definition) is 2. The molecule has 29 heavy (non-hydrogen) atoms. The van der Waals surface area contributed by atoms with E-state index in [2.05, 4.69) is 72.3 Å². The zero-order chi connectivity index (χ0) is 20.1. The summed E-state index contributed by atoms with van der Waals surface area (Å²) in [6.07, 6.45) is 12.7. The standard InChI is InChI=1S/C23H30BrN5/c24-20-15-29(23-21(20)22(25)27-16-28-23)19-11-10-17(13-19)7-5-2-6-12-26-14-18-8-3-1-4-9-18/h1,3-4,8-9,15-17,19,26H,2,5-7,10-14H2,(H2,25,27,28). The maximum atomic E-state index is 6.05. The molecule has 1 fully saturated rings. The number of nitrogens with one attached hydrogen (secondary N) is 1. The molecule has 0 saturated heterocycles. The van der Waals surface area contributed by atoms with E-state index >= 15 is 0 Å². The van der Waals surface area contributed by atoms with Crippen molar-refractivity contribution in [2.75, 3.05) is 12.3 Å². The van der Waals surface area contributed by atoms with Gasteiger partial charge in [-0.15, -0.1) is 0 Å². The van der Waals surface area contributed by atoms with Gasteiger partial charge < -0.3 is 15.6 Å². The number of aromatic nitrogens is 3. The van der Waals surface area contributed by atoms with Gasteiger partial charge in [-0.05, 0) is 59.6 Å². The lowest BCUT2D eigenvalue weighted by atomic mass is 9.99. The summed E-state index contributed by atoms with van der Waals surface area (Å²) in [6, 6.07) is 11.1. The Labute approximate surface area is 181 Å². The first kappa shape index (κ1) is 20.4. The molecule has 6 heteroatoms. The van der Waals surface area contributed by atoms with Crippen molar-refractivity contribution in [1.82, 2.24) is 19.9 Å². The van der Waals surface area contributed by atoms with E-state index in [1.54, 1.807) is 6.33 Å². The van der Waals surface area contributed by atoms with Crippen LogP contribution in [0.3, 0.4) is 0 Å². The topological polar surface area (TPSA) is 68.8 Å². The summed E-state index contributed by atoms with van der Waals surface area (Å²) in [5.41, 5.74) is 8.37. The van der Waals surface area contributed by atoms with Crippen molar-refractivity contribution in [3.8, 4) is 0 Å². The van der Waals surface area contributed by atoms with Crippen molar-refractivity contribution < 1.29 is 0 Å². The van der Waals surface area contributed by atoms with Gasteiger partial charge in [0.25, 0.3) is 0 Å². The Morgan fingerprint density at radius 1 is 1.10 bits per heavy atom. The Morgan fingerprint density at radius 2 is 1.97 bits per heavy atom. The average molecular weight is 456 g/mol. The summed E-state index contributed by atoms with van der Waals surface area (Å²) in [5.74, 6) is 1.38. The van der Waals surface area contributed by atoms with Crippen LogP contribution in [0.2, 0.25) is 0 Å². The number of nitrogens with zero attached hydrogens (tertiary/aromatic N) is 3. The summed E-state index contributed by atoms with van der Waals surface area (Å²) < 4.78 is 3.31. The first-order valence-corrected chi connectivity index (χ1v) is 11.5. The fourth-order valence-electron chi connectivity index (χ4n) is 4.59. The van der Waals surface area contributed by atoms with E-state index in [1.165, 1.54) is 50.5 Å². The van der Waals surface area contributed by atoms with E-state index in [4.69, 9.17) is 5.73 Å². The number of nitrogen functional groups attached to an aromatic ring is 1. The summed E-state index contributed by atoms with van der Waals surface area (Å²) in [4.78, 5) is 8.62. The summed E-state index contributed by atoms with van der Waals surface area (Å²) >= 11 is 3.63. The quantitative estimate of drug-likeness (QED) is 0.419. The number of unbranched alkanes of at least 4 members (excludes halogenated alkanes) is 2. The molecule has 2 heterocycles. The molecule has 2 unspecified atom stereocenters. The lowest BCUT2D eigenvalue weighted by molar-refractivity contribution is 0.437. The number of benzene rings is 1. The minimum atomic E-state index is 0.524. The smallest absolute Gasteiger partial charge is 0.146 e. The van der Waals surface area contributed by atoms with E-state index < -0.39 is 0 Å². The first-order chi connectivity index (χ1) is 14.2. The molecular weight excluding hydrogens is 426 g/mol. The molecule has 154 valence electrons. The third kappa shape index (κ3) is 4.98. The van der Waals surface area contributed by atoms with Crippen molar-refractivity contribution >= 4 is 32.8 Å². The van der Waals surface area contributed by atoms with Crippen LogP contribution in [0.5, 0.6) is 0 Å². The molecule has 0 amide bonds. The SMILES string of the molecule is Nc1ncnc2c1c(Br)cn2C1CCC(CCCCCNCc2ccccc2)C1. The molecule has 0 radical (unpaired) electrons. The van der Waals surface area contributed by atoms with Gasteiger partial charge in [-0.3, -0.25) is 0 Å². The van der Waals surface area contributed by atoms with Crippen LogP contribution in [0.1, 0.15) is 56.6 Å². The predicted octanol–water partition coefficient (Wildman–Crippen LogP) is 5.47. The van der Waals surface area contributed by atoms with Gasteiger partial charge in [0.15, 0.2) is 0 Å². The van der Waals surface area contributed by atoms with E-state index in [9.17, 15) is 0 Å². The molecule has 3 N–H and O–H groups in total. The third-order valence-corrected chi connectivity index (χ3v) is 6.74. The van der Waals surface area contributed by atoms with Gasteiger partial charge in [0.1, 0.15) is 17.8 Å². The highest BCUT2D eigenvalue weighted by atomic mass is 79.9. The van der Waals surface area contributed by atoms with Crippen molar-refractivity contribution in [3.05, 3.63) is 52.9 Å². The largest absolute Gasteiger partial charge is 0.383 e. The molecule has 3 aromatic rings. The zero-order valence-electron chi connectivity index (χ0n) is 16.9. The number of anilines is 1. The maximum absolute atomic E-state index is 6.05. The number of fused-ring (bicyclic) bond motifs is 1. The van der Waals surface area contributed by atoms with Gasteiger partial charge in [-0.1, -0.05) is 49.6 Å². The average Bonchev–Trinajstić information content (AvgIpc) is 3.33. The molecule has 5 nitrogen and oxygen atoms in total. The number of rotatable bonds is 9. The van der Waals surface area contributed by atoms with Gasteiger partial charge in [-0.2, -0.15) is 0 Å². The van der Waals surface area contributed by atoms with Crippen LogP contribution in [-0.2, 0) is 6.54 Å². The molecule has 0 bridgehead atoms. The monoisotopic (exact) mass is 455 g/mol. The normalized spacial score (nSPS) is 19.2. The fraction of sp³-hybridized carbons (Fsp3) is 0.478. The number of halogens is 1. The summed E-state index contributed by atoms with van der Waals surface area (Å²) in [7, 11) is 0. The van der Waals surface area contributed by atoms with Gasteiger partial charge in [0.05, 0.1) is 5.39 Å². The lowest BCUT2D eigenvalue weighted by Gasteiger charge is -2.14. The molecule has 4 rings (SSSR count). The molecule has 0 aliphatic heterocycles. The van der Waals surface area contributed by atoms with Crippen LogP contribution >= 0.6 is 15.9 Å². The van der Waals surface area contributed by atoms with E-state index in [0.29, 0.717) is 11.9 Å². The minimum absolute atomic E-state index is 0.524. The van der Waals surface area contributed by atoms with Crippen molar-refractivity contribution in [1.29, 1.82) is 0 Å². The molecule has 1 saturated carbocycles. The van der Waals surface area contributed by atoms with E-state index in [1.807, 2.05) is 0 Å². The van der Waals surface area contributed by atoms with Crippen molar-refractivity contribution in [3.63, 3.8) is 0 Å². The molecule has 1 aliphatic carbocycles. The van der Waals surface area contributed by atoms with Gasteiger partial charge in [-0.25, -0.2) is 9.97 Å². The summed E-state index contributed by atoms with van der Waals surface area (Å²) in [6.45, 7) is 2.08. The van der Waals surface area contributed by atoms with Crippen LogP contribution in [0.15, 0.2) is 47.3 Å². The fourth-order valence-corrected chi connectivity index (χ4v) is 5.19. The van der Waals surface area contributed by atoms with Gasteiger partial charge >= 0.3 is 0 Å². The van der Waals surface area contributed by atoms with Gasteiger partial charge in [0, 0.05) is 23.3 Å². The zero-order valence-corrected chi connectivity index (χ0v) is 18.4. The van der Waals surface area contributed by atoms with Crippen LogP contribution < -0.4 is 11.1 Å². The molecular formula is C23H30BrN5. The molecule has 1 aromatic carbocycles. The minimum Gasteiger partial charge on any atom is -0.383 e. The van der Waals surface area contributed by atoms with Crippen LogP contribution in [-0.4, -0.2) is 21.1 Å². The second-order valence-electron chi connectivity index (χ2n) is 8.19. The Morgan fingerprint density at radius 3 is 2.83 bits per heavy atom. The number of nitrogens with two attached hydrogens (primary N) is 1. The Hall–Kier alpha value is -1.92. The first-order valence-electron chi connectivity index (χ1n) is 10.7. The van der Waals surface area contributed by atoms with Crippen molar-refractivity contribution in [2.24, 2.45) is 5.92 Å². The highest BCUT2D eigenvalue weighted by Crippen LogP contribution is 2.40. The molecule has 1 aliphatic rings. The van der Waals surface area contributed by atoms with Crippen LogP contribution in [0.25, 0.3) is 11.0 Å². The highest BCUT2D eigenvalue weighted by molar-refractivity contribution is 9.10. The molecule has 0 spiro atoms. The second kappa shape index (κ2) is 9.72. The Bertz CT molecular complexity index is 924. The molecule has 2 atom stereocenters. The van der Waals surface area contributed by atoms with Crippen LogP contribution in [0, 0.1) is 5.92 Å². The van der Waals surface area contributed by atoms with Gasteiger partial charge in [0.2, 0.25) is 0 Å². The second-order valence-corrected chi connectivity index (χ2v) is 9.04. The van der Waals surface area contributed by atoms with Crippen molar-refractivity contribution in [2.45, 2.75) is 57.5 Å². The third-order valence-electron chi connectivity index (χ3n) is 6.14. The van der Waals surface area contributed by atoms with E-state index in [-0.39, 0.29) is 0 Å². The highest BCUT2D eigenvalue weighted by Gasteiger charge is 2.27. The molecule has 2 aromatic heterocycles. The lowest BCUT2D eigenvalue weighted by Crippen LogP contribution is -2.14. The Kier molecular flexibility index (Phi) is 6.82.